The average Bonchev–Trinajstić information content (AvgIpc) is 3.40. The van der Waals surface area contributed by atoms with Gasteiger partial charge in [-0.15, -0.1) is 0 Å². The first-order valence-corrected chi connectivity index (χ1v) is 13.5. The molecule has 0 spiro atoms. The summed E-state index contributed by atoms with van der Waals surface area (Å²) >= 11 is 3.55. The first-order valence-electron chi connectivity index (χ1n) is 11.6. The summed E-state index contributed by atoms with van der Waals surface area (Å²) in [5.41, 5.74) is 3.91. The van der Waals surface area contributed by atoms with Crippen LogP contribution in [0.3, 0.4) is 0 Å². The van der Waals surface area contributed by atoms with Crippen LogP contribution in [0.1, 0.15) is 80.5 Å². The van der Waals surface area contributed by atoms with Crippen LogP contribution < -0.4 is 5.32 Å². The number of fused-ring (bicyclic) bond motifs is 1. The summed E-state index contributed by atoms with van der Waals surface area (Å²) in [7, 11) is -1.28. The van der Waals surface area contributed by atoms with Crippen molar-refractivity contribution in [2.24, 2.45) is 0 Å². The first-order chi connectivity index (χ1) is 15.7. The average molecular weight is 535 g/mol. The van der Waals surface area contributed by atoms with Gasteiger partial charge < -0.3 is 10.4 Å². The minimum Gasteiger partial charge on any atom is -0.396 e. The number of nitrogens with one attached hydrogen (secondary N) is 1. The van der Waals surface area contributed by atoms with Gasteiger partial charge in [0.1, 0.15) is 16.7 Å². The molecule has 1 amide bonds. The van der Waals surface area contributed by atoms with Crippen molar-refractivity contribution in [3.8, 4) is 11.3 Å². The lowest BCUT2D eigenvalue weighted by atomic mass is 9.96. The van der Waals surface area contributed by atoms with Crippen LogP contribution in [0.25, 0.3) is 11.3 Å². The number of hydrogen-bond donors (Lipinski definition) is 2. The van der Waals surface area contributed by atoms with E-state index in [1.165, 1.54) is 0 Å². The molecule has 0 unspecified atom stereocenters. The SMILES string of the molecule is CC(C)(C)[S@](=O)N1Cc2cc(C(=O)NC3CCCC3)nc(-c3cccc(Br)c3)c2[C@@H]1CCO. The largest absolute Gasteiger partial charge is 0.396 e. The molecule has 8 heteroatoms. The van der Waals surface area contributed by atoms with Gasteiger partial charge in [-0.2, -0.15) is 0 Å². The van der Waals surface area contributed by atoms with Crippen molar-refractivity contribution in [2.75, 3.05) is 6.61 Å². The van der Waals surface area contributed by atoms with E-state index in [2.05, 4.69) is 21.2 Å². The van der Waals surface area contributed by atoms with Gasteiger partial charge in [0.2, 0.25) is 0 Å². The number of halogens is 1. The van der Waals surface area contributed by atoms with Crippen molar-refractivity contribution >= 4 is 32.8 Å². The molecule has 2 N–H and O–H groups in total. The van der Waals surface area contributed by atoms with Gasteiger partial charge in [0.15, 0.2) is 0 Å². The lowest BCUT2D eigenvalue weighted by molar-refractivity contribution is 0.0933. The second-order valence-corrected chi connectivity index (χ2v) is 13.0. The van der Waals surface area contributed by atoms with E-state index in [0.29, 0.717) is 18.7 Å². The summed E-state index contributed by atoms with van der Waals surface area (Å²) in [6, 6.07) is 9.68. The molecule has 1 aromatic heterocycles. The number of benzene rings is 1. The van der Waals surface area contributed by atoms with E-state index in [4.69, 9.17) is 4.98 Å². The maximum Gasteiger partial charge on any atom is 0.270 e. The van der Waals surface area contributed by atoms with E-state index in [-0.39, 0.29) is 24.6 Å². The number of hydrogen-bond acceptors (Lipinski definition) is 4. The predicted molar refractivity (Wildman–Crippen MR) is 135 cm³/mol. The Morgan fingerprint density at radius 3 is 2.64 bits per heavy atom. The summed E-state index contributed by atoms with van der Waals surface area (Å²) in [6.07, 6.45) is 4.74. The second kappa shape index (κ2) is 9.94. The van der Waals surface area contributed by atoms with Crippen LogP contribution in [0, 0.1) is 0 Å². The van der Waals surface area contributed by atoms with Gasteiger partial charge in [0.05, 0.1) is 16.5 Å². The molecule has 1 saturated carbocycles. The molecule has 6 nitrogen and oxygen atoms in total. The Labute approximate surface area is 206 Å². The minimum absolute atomic E-state index is 0.0240. The zero-order valence-corrected chi connectivity index (χ0v) is 21.8. The topological polar surface area (TPSA) is 82.5 Å². The molecular formula is C25H32BrN3O3S. The third-order valence-electron chi connectivity index (χ3n) is 6.31. The molecule has 1 fully saturated rings. The van der Waals surface area contributed by atoms with Crippen molar-refractivity contribution in [2.45, 2.75) is 76.3 Å². The molecule has 4 rings (SSSR count). The Kier molecular flexibility index (Phi) is 7.38. The number of aliphatic hydroxyl groups excluding tert-OH is 1. The van der Waals surface area contributed by atoms with Crippen LogP contribution >= 0.6 is 15.9 Å². The highest BCUT2D eigenvalue weighted by Gasteiger charge is 2.40. The molecule has 1 aliphatic carbocycles. The van der Waals surface area contributed by atoms with Crippen LogP contribution in [0.5, 0.6) is 0 Å². The number of aromatic nitrogens is 1. The van der Waals surface area contributed by atoms with Crippen molar-refractivity contribution in [1.82, 2.24) is 14.6 Å². The van der Waals surface area contributed by atoms with Gasteiger partial charge in [-0.05, 0) is 63.8 Å². The van der Waals surface area contributed by atoms with Gasteiger partial charge >= 0.3 is 0 Å². The highest BCUT2D eigenvalue weighted by Crippen LogP contribution is 2.44. The summed E-state index contributed by atoms with van der Waals surface area (Å²) in [5.74, 6) is -0.157. The summed E-state index contributed by atoms with van der Waals surface area (Å²) in [4.78, 5) is 18.0. The number of rotatable bonds is 6. The lowest BCUT2D eigenvalue weighted by Crippen LogP contribution is -2.36. The van der Waals surface area contributed by atoms with Gasteiger partial charge in [-0.3, -0.25) is 4.79 Å². The molecule has 2 heterocycles. The van der Waals surface area contributed by atoms with Crippen molar-refractivity contribution in [3.63, 3.8) is 0 Å². The number of carbonyl (C=O) groups excluding carboxylic acids is 1. The standard InChI is InChI=1S/C25H32BrN3O3S/c1-25(2,3)33(32)29-15-17-14-20(24(31)27-19-9-4-5-10-19)28-23(22(17)21(29)11-12-30)16-7-6-8-18(26)13-16/h6-8,13-14,19,21,30H,4-5,9-12,15H2,1-3H3,(H,27,31)/t21-,33-/m0/s1. The van der Waals surface area contributed by atoms with E-state index < -0.39 is 15.7 Å². The van der Waals surface area contributed by atoms with Crippen LogP contribution in [-0.4, -0.2) is 41.9 Å². The Morgan fingerprint density at radius 1 is 1.27 bits per heavy atom. The van der Waals surface area contributed by atoms with Gasteiger partial charge in [-0.25, -0.2) is 13.5 Å². The van der Waals surface area contributed by atoms with E-state index in [1.54, 1.807) is 0 Å². The number of aliphatic hydroxyl groups is 1. The van der Waals surface area contributed by atoms with Crippen LogP contribution in [0.15, 0.2) is 34.8 Å². The minimum atomic E-state index is -1.28. The van der Waals surface area contributed by atoms with Crippen molar-refractivity contribution in [3.05, 3.63) is 51.6 Å². The van der Waals surface area contributed by atoms with E-state index >= 15 is 0 Å². The fourth-order valence-corrected chi connectivity index (χ4v) is 6.57. The maximum absolute atomic E-state index is 13.4. The Balaban J connectivity index is 1.82. The molecule has 1 aliphatic heterocycles. The number of carbonyl (C=O) groups is 1. The van der Waals surface area contributed by atoms with Gasteiger partial charge in [0, 0.05) is 34.8 Å². The number of nitrogens with zero attached hydrogens (tertiary/aromatic N) is 2. The molecule has 0 saturated heterocycles. The Morgan fingerprint density at radius 2 is 2.00 bits per heavy atom. The second-order valence-electron chi connectivity index (χ2n) is 9.86. The fraction of sp³-hybridized carbons (Fsp3) is 0.520. The molecule has 0 bridgehead atoms. The summed E-state index contributed by atoms with van der Waals surface area (Å²) in [5, 5.41) is 13.0. The molecule has 1 aromatic carbocycles. The third-order valence-corrected chi connectivity index (χ3v) is 8.66. The zero-order chi connectivity index (χ0) is 23.8. The van der Waals surface area contributed by atoms with Gasteiger partial charge in [0.25, 0.3) is 5.91 Å². The summed E-state index contributed by atoms with van der Waals surface area (Å²) in [6.45, 7) is 6.29. The monoisotopic (exact) mass is 533 g/mol. The first kappa shape index (κ1) is 24.5. The third kappa shape index (κ3) is 5.24. The van der Waals surface area contributed by atoms with Crippen molar-refractivity contribution in [1.29, 1.82) is 0 Å². The number of amides is 1. The Bertz CT molecular complexity index is 1060. The van der Waals surface area contributed by atoms with Crippen LogP contribution in [-0.2, 0) is 17.5 Å². The van der Waals surface area contributed by atoms with E-state index in [1.807, 2.05) is 55.4 Å². The highest BCUT2D eigenvalue weighted by molar-refractivity contribution is 9.10. The number of pyridine rings is 1. The van der Waals surface area contributed by atoms with E-state index in [0.717, 1.165) is 52.5 Å². The van der Waals surface area contributed by atoms with Crippen LogP contribution in [0.4, 0.5) is 0 Å². The summed E-state index contributed by atoms with van der Waals surface area (Å²) < 4.78 is 15.8. The fourth-order valence-electron chi connectivity index (χ4n) is 4.77. The van der Waals surface area contributed by atoms with Crippen molar-refractivity contribution < 1.29 is 14.1 Å². The quantitative estimate of drug-likeness (QED) is 0.553. The predicted octanol–water partition coefficient (Wildman–Crippen LogP) is 4.88. The molecular weight excluding hydrogens is 502 g/mol. The Hall–Kier alpha value is -1.61. The van der Waals surface area contributed by atoms with Gasteiger partial charge in [-0.1, -0.05) is 40.9 Å². The molecule has 0 radical (unpaired) electrons. The smallest absolute Gasteiger partial charge is 0.270 e. The zero-order valence-electron chi connectivity index (χ0n) is 19.4. The molecule has 2 atom stereocenters. The molecule has 2 aromatic rings. The van der Waals surface area contributed by atoms with Crippen LogP contribution in [0.2, 0.25) is 0 Å². The van der Waals surface area contributed by atoms with E-state index in [9.17, 15) is 14.1 Å². The molecule has 2 aliphatic rings. The highest BCUT2D eigenvalue weighted by atomic mass is 79.9. The normalized spacial score (nSPS) is 20.1. The molecule has 178 valence electrons. The molecule has 33 heavy (non-hydrogen) atoms. The maximum atomic E-state index is 13.4. The lowest BCUT2D eigenvalue weighted by Gasteiger charge is -2.30.